The lowest BCUT2D eigenvalue weighted by molar-refractivity contribution is 0.224. The Balaban J connectivity index is 2.01. The van der Waals surface area contributed by atoms with Gasteiger partial charge in [-0.3, -0.25) is 0 Å². The van der Waals surface area contributed by atoms with Gasteiger partial charge in [-0.25, -0.2) is 4.98 Å². The number of hydrogen-bond donors (Lipinski definition) is 1. The van der Waals surface area contributed by atoms with E-state index in [1.807, 2.05) is 25.1 Å². The van der Waals surface area contributed by atoms with Gasteiger partial charge in [0.05, 0.1) is 12.1 Å². The SMILES string of the molecule is COc1cccc(CC(CO)Cc2nc(C)cs2)c1. The summed E-state index contributed by atoms with van der Waals surface area (Å²) in [5.74, 6) is 1.07. The normalized spacial score (nSPS) is 12.4. The molecule has 102 valence electrons. The first kappa shape index (κ1) is 14.0. The fourth-order valence-corrected chi connectivity index (χ4v) is 2.97. The fourth-order valence-electron chi connectivity index (χ4n) is 2.08. The van der Waals surface area contributed by atoms with Crippen molar-refractivity contribution in [1.29, 1.82) is 0 Å². The summed E-state index contributed by atoms with van der Waals surface area (Å²) in [6.07, 6.45) is 1.67. The summed E-state index contributed by atoms with van der Waals surface area (Å²) in [4.78, 5) is 4.46. The van der Waals surface area contributed by atoms with Gasteiger partial charge in [0, 0.05) is 24.1 Å². The minimum absolute atomic E-state index is 0.176. The topological polar surface area (TPSA) is 42.4 Å². The predicted octanol–water partition coefficient (Wildman–Crippen LogP) is 2.85. The van der Waals surface area contributed by atoms with E-state index in [0.29, 0.717) is 0 Å². The van der Waals surface area contributed by atoms with Gasteiger partial charge in [0.2, 0.25) is 0 Å². The fraction of sp³-hybridized carbons (Fsp3) is 0.400. The van der Waals surface area contributed by atoms with Gasteiger partial charge in [0.25, 0.3) is 0 Å². The van der Waals surface area contributed by atoms with Crippen LogP contribution >= 0.6 is 11.3 Å². The molecule has 0 fully saturated rings. The van der Waals surface area contributed by atoms with Crippen molar-refractivity contribution in [2.45, 2.75) is 19.8 Å². The average Bonchev–Trinajstić information content (AvgIpc) is 2.83. The number of aryl methyl sites for hydroxylation is 1. The zero-order valence-corrected chi connectivity index (χ0v) is 12.1. The zero-order valence-electron chi connectivity index (χ0n) is 11.3. The molecule has 0 amide bonds. The van der Waals surface area contributed by atoms with E-state index in [4.69, 9.17) is 4.74 Å². The molecule has 1 unspecified atom stereocenters. The van der Waals surface area contributed by atoms with E-state index >= 15 is 0 Å². The molecule has 0 aliphatic carbocycles. The Kier molecular flexibility index (Phi) is 4.93. The van der Waals surface area contributed by atoms with Crippen LogP contribution in [0.4, 0.5) is 0 Å². The maximum atomic E-state index is 9.53. The Bertz CT molecular complexity index is 524. The highest BCUT2D eigenvalue weighted by Crippen LogP contribution is 2.20. The second kappa shape index (κ2) is 6.68. The molecule has 1 N–H and O–H groups in total. The molecule has 0 spiro atoms. The highest BCUT2D eigenvalue weighted by Gasteiger charge is 2.12. The van der Waals surface area contributed by atoms with E-state index in [1.165, 1.54) is 5.56 Å². The van der Waals surface area contributed by atoms with E-state index in [2.05, 4.69) is 16.4 Å². The van der Waals surface area contributed by atoms with Gasteiger partial charge in [0.15, 0.2) is 0 Å². The molecule has 19 heavy (non-hydrogen) atoms. The molecule has 0 saturated carbocycles. The number of nitrogens with zero attached hydrogens (tertiary/aromatic N) is 1. The molecule has 1 heterocycles. The van der Waals surface area contributed by atoms with Crippen LogP contribution in [0.1, 0.15) is 16.3 Å². The molecule has 1 aromatic carbocycles. The van der Waals surface area contributed by atoms with Crippen LogP contribution in [-0.4, -0.2) is 23.8 Å². The number of hydrogen-bond acceptors (Lipinski definition) is 4. The molecule has 2 aromatic rings. The van der Waals surface area contributed by atoms with E-state index in [1.54, 1.807) is 18.4 Å². The van der Waals surface area contributed by atoms with Crippen molar-refractivity contribution in [3.05, 3.63) is 45.9 Å². The maximum Gasteiger partial charge on any atom is 0.119 e. The summed E-state index contributed by atoms with van der Waals surface area (Å²) < 4.78 is 5.22. The summed E-state index contributed by atoms with van der Waals surface area (Å²) >= 11 is 1.66. The Labute approximate surface area is 117 Å². The highest BCUT2D eigenvalue weighted by atomic mass is 32.1. The molecule has 3 nitrogen and oxygen atoms in total. The van der Waals surface area contributed by atoms with Gasteiger partial charge in [-0.05, 0) is 37.0 Å². The van der Waals surface area contributed by atoms with Crippen molar-refractivity contribution < 1.29 is 9.84 Å². The number of methoxy groups -OCH3 is 1. The first-order valence-electron chi connectivity index (χ1n) is 6.36. The van der Waals surface area contributed by atoms with Crippen molar-refractivity contribution in [3.63, 3.8) is 0 Å². The first-order chi connectivity index (χ1) is 9.21. The zero-order chi connectivity index (χ0) is 13.7. The number of aliphatic hydroxyl groups excluding tert-OH is 1. The predicted molar refractivity (Wildman–Crippen MR) is 77.8 cm³/mol. The van der Waals surface area contributed by atoms with Crippen LogP contribution in [0.15, 0.2) is 29.6 Å². The van der Waals surface area contributed by atoms with Crippen molar-refractivity contribution in [1.82, 2.24) is 4.98 Å². The molecular formula is C15H19NO2S. The van der Waals surface area contributed by atoms with Crippen LogP contribution in [0.2, 0.25) is 0 Å². The number of ether oxygens (including phenoxy) is 1. The van der Waals surface area contributed by atoms with E-state index in [9.17, 15) is 5.11 Å². The molecule has 0 radical (unpaired) electrons. The quantitative estimate of drug-likeness (QED) is 0.883. The van der Waals surface area contributed by atoms with Gasteiger partial charge in [-0.15, -0.1) is 11.3 Å². The monoisotopic (exact) mass is 277 g/mol. The number of rotatable bonds is 6. The summed E-state index contributed by atoms with van der Waals surface area (Å²) in [6.45, 7) is 2.17. The summed E-state index contributed by atoms with van der Waals surface area (Å²) in [5.41, 5.74) is 2.24. The number of aliphatic hydroxyl groups is 1. The van der Waals surface area contributed by atoms with E-state index in [0.717, 1.165) is 29.3 Å². The smallest absolute Gasteiger partial charge is 0.119 e. The lowest BCUT2D eigenvalue weighted by Gasteiger charge is -2.13. The van der Waals surface area contributed by atoms with Gasteiger partial charge in [0.1, 0.15) is 5.75 Å². The third-order valence-electron chi connectivity index (χ3n) is 3.05. The third kappa shape index (κ3) is 4.04. The lowest BCUT2D eigenvalue weighted by Crippen LogP contribution is -2.13. The molecular weight excluding hydrogens is 258 g/mol. The molecule has 0 bridgehead atoms. The van der Waals surface area contributed by atoms with Gasteiger partial charge in [-0.1, -0.05) is 12.1 Å². The maximum absolute atomic E-state index is 9.53. The standard InChI is InChI=1S/C15H19NO2S/c1-11-10-19-15(16-11)8-13(9-17)6-12-4-3-5-14(7-12)18-2/h3-5,7,10,13,17H,6,8-9H2,1-2H3. The van der Waals surface area contributed by atoms with Crippen LogP contribution in [0, 0.1) is 12.8 Å². The lowest BCUT2D eigenvalue weighted by atomic mass is 9.97. The Morgan fingerprint density at radius 3 is 2.84 bits per heavy atom. The summed E-state index contributed by atoms with van der Waals surface area (Å²) in [7, 11) is 1.67. The highest BCUT2D eigenvalue weighted by molar-refractivity contribution is 7.09. The van der Waals surface area contributed by atoms with Crippen LogP contribution in [0.3, 0.4) is 0 Å². The Morgan fingerprint density at radius 1 is 1.37 bits per heavy atom. The third-order valence-corrected chi connectivity index (χ3v) is 4.04. The first-order valence-corrected chi connectivity index (χ1v) is 7.24. The molecule has 2 rings (SSSR count). The van der Waals surface area contributed by atoms with Crippen LogP contribution in [0.5, 0.6) is 5.75 Å². The molecule has 1 atom stereocenters. The Morgan fingerprint density at radius 2 is 2.21 bits per heavy atom. The molecule has 1 aromatic heterocycles. The van der Waals surface area contributed by atoms with Crippen LogP contribution in [-0.2, 0) is 12.8 Å². The van der Waals surface area contributed by atoms with E-state index in [-0.39, 0.29) is 12.5 Å². The second-order valence-corrected chi connectivity index (χ2v) is 5.63. The summed E-state index contributed by atoms with van der Waals surface area (Å²) in [6, 6.07) is 8.01. The number of thiazole rings is 1. The minimum Gasteiger partial charge on any atom is -0.497 e. The van der Waals surface area contributed by atoms with Crippen LogP contribution in [0.25, 0.3) is 0 Å². The van der Waals surface area contributed by atoms with Crippen molar-refractivity contribution >= 4 is 11.3 Å². The number of benzene rings is 1. The molecule has 0 saturated heterocycles. The second-order valence-electron chi connectivity index (χ2n) is 4.69. The minimum atomic E-state index is 0.176. The van der Waals surface area contributed by atoms with Crippen molar-refractivity contribution in [2.24, 2.45) is 5.92 Å². The van der Waals surface area contributed by atoms with Crippen molar-refractivity contribution in [3.8, 4) is 5.75 Å². The molecule has 0 aliphatic heterocycles. The largest absolute Gasteiger partial charge is 0.497 e. The Hall–Kier alpha value is -1.39. The average molecular weight is 277 g/mol. The number of aromatic nitrogens is 1. The van der Waals surface area contributed by atoms with Crippen LogP contribution < -0.4 is 4.74 Å². The van der Waals surface area contributed by atoms with Gasteiger partial charge >= 0.3 is 0 Å². The molecule has 4 heteroatoms. The molecule has 0 aliphatic rings. The summed E-state index contributed by atoms with van der Waals surface area (Å²) in [5, 5.41) is 12.7. The van der Waals surface area contributed by atoms with E-state index < -0.39 is 0 Å². The van der Waals surface area contributed by atoms with Gasteiger partial charge < -0.3 is 9.84 Å². The van der Waals surface area contributed by atoms with Crippen molar-refractivity contribution in [2.75, 3.05) is 13.7 Å². The van der Waals surface area contributed by atoms with Gasteiger partial charge in [-0.2, -0.15) is 0 Å².